The first-order chi connectivity index (χ1) is 10.5. The van der Waals surface area contributed by atoms with Crippen molar-refractivity contribution in [1.29, 1.82) is 0 Å². The van der Waals surface area contributed by atoms with Gasteiger partial charge in [0.05, 0.1) is 5.69 Å². The highest BCUT2D eigenvalue weighted by Gasteiger charge is 2.41. The molecule has 22 heavy (non-hydrogen) atoms. The number of fused-ring (bicyclic) bond motifs is 2. The van der Waals surface area contributed by atoms with E-state index in [1.54, 1.807) is 6.08 Å². The molecule has 0 saturated heterocycles. The number of carbonyl (C=O) groups excluding carboxylic acids is 1. The Kier molecular flexibility index (Phi) is 4.11. The Morgan fingerprint density at radius 1 is 1.36 bits per heavy atom. The standard InChI is InChI=1S/C18H27N3O/c1-11(17-10-14-5-6-15(17)9-14)19-18(22)8-7-16-12(2)20-21(4)13(16)3/h7-8,11,14-15,17H,5-6,9-10H2,1-4H3,(H,19,22)/b8-7+. The molecule has 2 fully saturated rings. The van der Waals surface area contributed by atoms with E-state index in [4.69, 9.17) is 0 Å². The lowest BCUT2D eigenvalue weighted by atomic mass is 9.84. The number of carbonyl (C=O) groups is 1. The number of hydrogen-bond acceptors (Lipinski definition) is 2. The fourth-order valence-electron chi connectivity index (χ4n) is 4.48. The summed E-state index contributed by atoms with van der Waals surface area (Å²) in [4.78, 5) is 12.2. The molecule has 120 valence electrons. The molecule has 1 N–H and O–H groups in total. The van der Waals surface area contributed by atoms with Gasteiger partial charge in [0.2, 0.25) is 5.91 Å². The average molecular weight is 301 g/mol. The number of amides is 1. The third kappa shape index (κ3) is 2.83. The van der Waals surface area contributed by atoms with Gasteiger partial charge in [-0.1, -0.05) is 6.42 Å². The second-order valence-electron chi connectivity index (χ2n) is 7.18. The summed E-state index contributed by atoms with van der Waals surface area (Å²) in [6, 6.07) is 0.281. The monoisotopic (exact) mass is 301 g/mol. The average Bonchev–Trinajstić information content (AvgIpc) is 3.14. The predicted octanol–water partition coefficient (Wildman–Crippen LogP) is 2.99. The topological polar surface area (TPSA) is 46.9 Å². The second kappa shape index (κ2) is 5.90. The van der Waals surface area contributed by atoms with Crippen molar-refractivity contribution in [3.8, 4) is 0 Å². The van der Waals surface area contributed by atoms with Crippen LogP contribution in [0.4, 0.5) is 0 Å². The number of aryl methyl sites for hydroxylation is 2. The molecule has 4 nitrogen and oxygen atoms in total. The van der Waals surface area contributed by atoms with E-state index in [9.17, 15) is 4.79 Å². The van der Waals surface area contributed by atoms with Gasteiger partial charge in [0, 0.05) is 30.4 Å². The summed E-state index contributed by atoms with van der Waals surface area (Å²) in [7, 11) is 1.93. The molecule has 3 rings (SSSR count). The third-order valence-electron chi connectivity index (χ3n) is 5.77. The first kappa shape index (κ1) is 15.3. The molecule has 0 spiro atoms. The minimum atomic E-state index is 0.0120. The van der Waals surface area contributed by atoms with Crippen molar-refractivity contribution in [1.82, 2.24) is 15.1 Å². The van der Waals surface area contributed by atoms with Crippen LogP contribution < -0.4 is 5.32 Å². The van der Waals surface area contributed by atoms with Crippen molar-refractivity contribution in [2.24, 2.45) is 24.8 Å². The molecule has 4 atom stereocenters. The van der Waals surface area contributed by atoms with Gasteiger partial charge in [-0.25, -0.2) is 0 Å². The minimum absolute atomic E-state index is 0.0120. The SMILES string of the molecule is Cc1nn(C)c(C)c1/C=C/C(=O)NC(C)C1CC2CCC1C2. The van der Waals surface area contributed by atoms with Crippen molar-refractivity contribution in [2.75, 3.05) is 0 Å². The number of rotatable bonds is 4. The number of aromatic nitrogens is 2. The first-order valence-corrected chi connectivity index (χ1v) is 8.44. The van der Waals surface area contributed by atoms with Crippen LogP contribution in [0, 0.1) is 31.6 Å². The molecule has 4 unspecified atom stereocenters. The van der Waals surface area contributed by atoms with Crippen molar-refractivity contribution in [2.45, 2.75) is 52.5 Å². The second-order valence-corrected chi connectivity index (χ2v) is 7.18. The summed E-state index contributed by atoms with van der Waals surface area (Å²) < 4.78 is 1.85. The van der Waals surface area contributed by atoms with Crippen LogP contribution in [0.5, 0.6) is 0 Å². The van der Waals surface area contributed by atoms with Gasteiger partial charge in [-0.05, 0) is 63.9 Å². The number of nitrogens with zero attached hydrogens (tertiary/aromatic N) is 2. The summed E-state index contributed by atoms with van der Waals surface area (Å²) in [5.74, 6) is 2.45. The highest BCUT2D eigenvalue weighted by atomic mass is 16.1. The zero-order valence-electron chi connectivity index (χ0n) is 14.1. The van der Waals surface area contributed by atoms with Crippen LogP contribution >= 0.6 is 0 Å². The van der Waals surface area contributed by atoms with Gasteiger partial charge in [-0.2, -0.15) is 5.10 Å². The Balaban J connectivity index is 1.59. The summed E-state index contributed by atoms with van der Waals surface area (Å²) in [6.45, 7) is 6.16. The Hall–Kier alpha value is -1.58. The van der Waals surface area contributed by atoms with E-state index in [0.717, 1.165) is 28.8 Å². The molecule has 1 aromatic rings. The van der Waals surface area contributed by atoms with Gasteiger partial charge in [0.25, 0.3) is 0 Å². The van der Waals surface area contributed by atoms with Crippen molar-refractivity contribution in [3.63, 3.8) is 0 Å². The van der Waals surface area contributed by atoms with E-state index in [0.29, 0.717) is 5.92 Å². The molecule has 0 radical (unpaired) electrons. The molecule has 0 aromatic carbocycles. The van der Waals surface area contributed by atoms with Crippen LogP contribution in [0.15, 0.2) is 6.08 Å². The van der Waals surface area contributed by atoms with Crippen LogP contribution in [0.3, 0.4) is 0 Å². The smallest absolute Gasteiger partial charge is 0.244 e. The van der Waals surface area contributed by atoms with Crippen LogP contribution in [-0.4, -0.2) is 21.7 Å². The molecule has 2 aliphatic carbocycles. The van der Waals surface area contributed by atoms with E-state index in [2.05, 4.69) is 17.3 Å². The maximum absolute atomic E-state index is 12.2. The van der Waals surface area contributed by atoms with Crippen LogP contribution in [0.1, 0.15) is 49.6 Å². The van der Waals surface area contributed by atoms with Gasteiger partial charge in [-0.3, -0.25) is 9.48 Å². The summed E-state index contributed by atoms with van der Waals surface area (Å²) >= 11 is 0. The molecule has 2 aliphatic rings. The Bertz CT molecular complexity index is 602. The van der Waals surface area contributed by atoms with Crippen LogP contribution in [0.2, 0.25) is 0 Å². The highest BCUT2D eigenvalue weighted by molar-refractivity contribution is 5.92. The number of hydrogen-bond donors (Lipinski definition) is 1. The molecule has 1 heterocycles. The van der Waals surface area contributed by atoms with Crippen molar-refractivity contribution < 1.29 is 4.79 Å². The van der Waals surface area contributed by atoms with Crippen molar-refractivity contribution >= 4 is 12.0 Å². The maximum Gasteiger partial charge on any atom is 0.244 e. The number of nitrogens with one attached hydrogen (secondary N) is 1. The molecule has 1 amide bonds. The Morgan fingerprint density at radius 3 is 2.68 bits per heavy atom. The first-order valence-electron chi connectivity index (χ1n) is 8.44. The summed E-state index contributed by atoms with van der Waals surface area (Å²) in [6.07, 6.45) is 8.99. The van der Waals surface area contributed by atoms with Gasteiger partial charge in [0.1, 0.15) is 0 Å². The van der Waals surface area contributed by atoms with Gasteiger partial charge < -0.3 is 5.32 Å². The van der Waals surface area contributed by atoms with E-state index >= 15 is 0 Å². The van der Waals surface area contributed by atoms with Crippen LogP contribution in [-0.2, 0) is 11.8 Å². The molecule has 0 aliphatic heterocycles. The quantitative estimate of drug-likeness (QED) is 0.869. The van der Waals surface area contributed by atoms with Gasteiger partial charge in [0.15, 0.2) is 0 Å². The van der Waals surface area contributed by atoms with E-state index < -0.39 is 0 Å². The molecule has 4 heteroatoms. The molecule has 2 saturated carbocycles. The lowest BCUT2D eigenvalue weighted by Gasteiger charge is -2.28. The zero-order chi connectivity index (χ0) is 15.9. The van der Waals surface area contributed by atoms with Gasteiger partial charge in [-0.15, -0.1) is 0 Å². The lowest BCUT2D eigenvalue weighted by Crippen LogP contribution is -2.39. The molecule has 2 bridgehead atoms. The predicted molar refractivity (Wildman–Crippen MR) is 88.3 cm³/mol. The maximum atomic E-state index is 12.2. The third-order valence-corrected chi connectivity index (χ3v) is 5.77. The van der Waals surface area contributed by atoms with E-state index in [-0.39, 0.29) is 11.9 Å². The minimum Gasteiger partial charge on any atom is -0.350 e. The van der Waals surface area contributed by atoms with Crippen molar-refractivity contribution in [3.05, 3.63) is 23.0 Å². The summed E-state index contributed by atoms with van der Waals surface area (Å²) in [5.41, 5.74) is 3.10. The largest absolute Gasteiger partial charge is 0.350 e. The lowest BCUT2D eigenvalue weighted by molar-refractivity contribution is -0.117. The fourth-order valence-corrected chi connectivity index (χ4v) is 4.48. The highest BCUT2D eigenvalue weighted by Crippen LogP contribution is 2.49. The normalized spacial score (nSPS) is 28.5. The Labute approximate surface area is 133 Å². The van der Waals surface area contributed by atoms with Gasteiger partial charge >= 0.3 is 0 Å². The van der Waals surface area contributed by atoms with Crippen LogP contribution in [0.25, 0.3) is 6.08 Å². The van der Waals surface area contributed by atoms with E-state index in [1.807, 2.05) is 31.7 Å². The molecular weight excluding hydrogens is 274 g/mol. The molecule has 1 aromatic heterocycles. The molecular formula is C18H27N3O. The van der Waals surface area contributed by atoms with E-state index in [1.165, 1.54) is 25.7 Å². The Morgan fingerprint density at radius 2 is 2.14 bits per heavy atom. The summed E-state index contributed by atoms with van der Waals surface area (Å²) in [5, 5.41) is 7.54. The zero-order valence-corrected chi connectivity index (χ0v) is 14.1. The fraction of sp³-hybridized carbons (Fsp3) is 0.667.